The van der Waals surface area contributed by atoms with Gasteiger partial charge in [0.1, 0.15) is 17.2 Å². The van der Waals surface area contributed by atoms with Crippen LogP contribution in [-0.4, -0.2) is 10.7 Å². The second-order valence-corrected chi connectivity index (χ2v) is 6.53. The van der Waals surface area contributed by atoms with Crippen LogP contribution in [-0.2, 0) is 0 Å². The molecular weight excluding hydrogens is 231 g/mol. The Morgan fingerprint density at radius 2 is 2.11 bits per heavy atom. The predicted molar refractivity (Wildman–Crippen MR) is 67.0 cm³/mol. The summed E-state index contributed by atoms with van der Waals surface area (Å²) >= 11 is 0. The van der Waals surface area contributed by atoms with Crippen molar-refractivity contribution in [3.63, 3.8) is 0 Å². The first kappa shape index (κ1) is 12.0. The van der Waals surface area contributed by atoms with Crippen molar-refractivity contribution in [2.75, 3.05) is 0 Å². The summed E-state index contributed by atoms with van der Waals surface area (Å²) in [4.78, 5) is 0. The number of aliphatic hydroxyl groups is 1. The maximum atomic E-state index is 13.3. The fourth-order valence-electron chi connectivity index (χ4n) is 3.49. The van der Waals surface area contributed by atoms with E-state index in [0.29, 0.717) is 17.7 Å². The highest BCUT2D eigenvalue weighted by molar-refractivity contribution is 5.39. The number of benzene rings is 1. The van der Waals surface area contributed by atoms with Crippen LogP contribution in [0.3, 0.4) is 0 Å². The summed E-state index contributed by atoms with van der Waals surface area (Å²) in [6.45, 7) is 4.44. The van der Waals surface area contributed by atoms with Crippen molar-refractivity contribution in [1.82, 2.24) is 0 Å². The summed E-state index contributed by atoms with van der Waals surface area (Å²) in [7, 11) is 0. The lowest BCUT2D eigenvalue weighted by Crippen LogP contribution is -2.39. The standard InChI is InChI=1S/C15H19FO2/c1-14(2)5-6-15(9-14)8-12(17)11-4-3-10(16)7-13(11)18-15/h3-4,7,12,17H,5-6,8-9H2,1-2H3/t12-,15?/m0/s1. The SMILES string of the molecule is CC1(C)CCC2(C[C@H](O)c3ccc(F)cc3O2)C1. The van der Waals surface area contributed by atoms with Crippen LogP contribution in [0.1, 0.15) is 51.2 Å². The normalized spacial score (nSPS) is 33.2. The second kappa shape index (κ2) is 3.70. The van der Waals surface area contributed by atoms with E-state index in [2.05, 4.69) is 13.8 Å². The highest BCUT2D eigenvalue weighted by Crippen LogP contribution is 2.52. The largest absolute Gasteiger partial charge is 0.487 e. The Hall–Kier alpha value is -1.09. The third kappa shape index (κ3) is 1.91. The number of hydrogen-bond donors (Lipinski definition) is 1. The molecule has 1 aliphatic carbocycles. The van der Waals surface area contributed by atoms with Crippen LogP contribution < -0.4 is 4.74 Å². The van der Waals surface area contributed by atoms with Crippen molar-refractivity contribution in [2.24, 2.45) is 5.41 Å². The lowest BCUT2D eigenvalue weighted by molar-refractivity contribution is -0.0157. The molecule has 98 valence electrons. The Balaban J connectivity index is 1.96. The molecule has 0 aromatic heterocycles. The van der Waals surface area contributed by atoms with Gasteiger partial charge in [0.2, 0.25) is 0 Å². The van der Waals surface area contributed by atoms with Gasteiger partial charge >= 0.3 is 0 Å². The molecular formula is C15H19FO2. The average molecular weight is 250 g/mol. The molecule has 1 aromatic rings. The third-order valence-corrected chi connectivity index (χ3v) is 4.28. The molecule has 0 bridgehead atoms. The van der Waals surface area contributed by atoms with Crippen LogP contribution in [0.15, 0.2) is 18.2 Å². The summed E-state index contributed by atoms with van der Waals surface area (Å²) in [5, 5.41) is 10.2. The molecule has 1 aromatic carbocycles. The second-order valence-electron chi connectivity index (χ2n) is 6.53. The number of rotatable bonds is 0. The molecule has 0 amide bonds. The van der Waals surface area contributed by atoms with E-state index < -0.39 is 6.10 Å². The van der Waals surface area contributed by atoms with E-state index in [1.807, 2.05) is 0 Å². The molecule has 2 aliphatic rings. The Kier molecular flexibility index (Phi) is 2.46. The zero-order valence-electron chi connectivity index (χ0n) is 10.9. The van der Waals surface area contributed by atoms with Crippen molar-refractivity contribution in [3.8, 4) is 5.75 Å². The first-order valence-electron chi connectivity index (χ1n) is 6.56. The average Bonchev–Trinajstić information content (AvgIpc) is 2.53. The van der Waals surface area contributed by atoms with Gasteiger partial charge < -0.3 is 9.84 Å². The first-order chi connectivity index (χ1) is 8.39. The summed E-state index contributed by atoms with van der Waals surface area (Å²) in [5.74, 6) is 0.210. The molecule has 2 nitrogen and oxygen atoms in total. The number of hydrogen-bond acceptors (Lipinski definition) is 2. The maximum absolute atomic E-state index is 13.3. The van der Waals surface area contributed by atoms with Gasteiger partial charge in [0.15, 0.2) is 0 Å². The van der Waals surface area contributed by atoms with Crippen molar-refractivity contribution < 1.29 is 14.2 Å². The smallest absolute Gasteiger partial charge is 0.128 e. The van der Waals surface area contributed by atoms with Gasteiger partial charge in [0.25, 0.3) is 0 Å². The molecule has 0 saturated heterocycles. The molecule has 1 spiro atoms. The molecule has 1 fully saturated rings. The van der Waals surface area contributed by atoms with Gasteiger partial charge in [-0.1, -0.05) is 13.8 Å². The number of ether oxygens (including phenoxy) is 1. The highest BCUT2D eigenvalue weighted by atomic mass is 19.1. The van der Waals surface area contributed by atoms with Crippen molar-refractivity contribution >= 4 is 0 Å². The Bertz CT molecular complexity index is 483. The molecule has 1 N–H and O–H groups in total. The zero-order chi connectivity index (χ0) is 13.0. The number of aliphatic hydroxyl groups excluding tert-OH is 1. The van der Waals surface area contributed by atoms with E-state index in [1.165, 1.54) is 12.1 Å². The summed E-state index contributed by atoms with van der Waals surface area (Å²) < 4.78 is 19.4. The Morgan fingerprint density at radius 3 is 2.78 bits per heavy atom. The van der Waals surface area contributed by atoms with Gasteiger partial charge in [-0.3, -0.25) is 0 Å². The lowest BCUT2D eigenvalue weighted by Gasteiger charge is -2.39. The number of fused-ring (bicyclic) bond motifs is 1. The van der Waals surface area contributed by atoms with Crippen LogP contribution in [0.4, 0.5) is 4.39 Å². The van der Waals surface area contributed by atoms with Crippen LogP contribution in [0.2, 0.25) is 0 Å². The van der Waals surface area contributed by atoms with Crippen LogP contribution in [0.25, 0.3) is 0 Å². The molecule has 3 rings (SSSR count). The van der Waals surface area contributed by atoms with Gasteiger partial charge in [0.05, 0.1) is 6.10 Å². The van der Waals surface area contributed by atoms with Gasteiger partial charge in [-0.25, -0.2) is 4.39 Å². The third-order valence-electron chi connectivity index (χ3n) is 4.28. The van der Waals surface area contributed by atoms with E-state index >= 15 is 0 Å². The minimum atomic E-state index is -0.539. The highest BCUT2D eigenvalue weighted by Gasteiger charge is 2.49. The number of halogens is 1. The fourth-order valence-corrected chi connectivity index (χ4v) is 3.49. The predicted octanol–water partition coefficient (Wildman–Crippen LogP) is 3.59. The van der Waals surface area contributed by atoms with Crippen molar-refractivity contribution in [2.45, 2.75) is 51.2 Å². The topological polar surface area (TPSA) is 29.5 Å². The zero-order valence-corrected chi connectivity index (χ0v) is 10.9. The molecule has 2 atom stereocenters. The first-order valence-corrected chi connectivity index (χ1v) is 6.56. The van der Waals surface area contributed by atoms with E-state index in [0.717, 1.165) is 19.3 Å². The molecule has 18 heavy (non-hydrogen) atoms. The Morgan fingerprint density at radius 1 is 1.33 bits per heavy atom. The summed E-state index contributed by atoms with van der Waals surface area (Å²) in [6.07, 6.45) is 3.03. The van der Waals surface area contributed by atoms with Crippen LogP contribution in [0.5, 0.6) is 5.75 Å². The minimum Gasteiger partial charge on any atom is -0.487 e. The maximum Gasteiger partial charge on any atom is 0.128 e. The molecule has 0 radical (unpaired) electrons. The van der Waals surface area contributed by atoms with E-state index in [4.69, 9.17) is 4.74 Å². The van der Waals surface area contributed by atoms with E-state index in [-0.39, 0.29) is 16.8 Å². The van der Waals surface area contributed by atoms with E-state index in [9.17, 15) is 9.50 Å². The molecule has 1 unspecified atom stereocenters. The van der Waals surface area contributed by atoms with Crippen molar-refractivity contribution in [3.05, 3.63) is 29.6 Å². The minimum absolute atomic E-state index is 0.241. The van der Waals surface area contributed by atoms with Gasteiger partial charge in [0, 0.05) is 18.1 Å². The van der Waals surface area contributed by atoms with Crippen LogP contribution in [0, 0.1) is 11.2 Å². The Labute approximate surface area is 107 Å². The van der Waals surface area contributed by atoms with Gasteiger partial charge in [-0.05, 0) is 36.8 Å². The summed E-state index contributed by atoms with van der Waals surface area (Å²) in [6, 6.07) is 4.40. The van der Waals surface area contributed by atoms with Crippen molar-refractivity contribution in [1.29, 1.82) is 0 Å². The quantitative estimate of drug-likeness (QED) is 0.762. The van der Waals surface area contributed by atoms with Crippen LogP contribution >= 0.6 is 0 Å². The van der Waals surface area contributed by atoms with E-state index in [1.54, 1.807) is 6.07 Å². The lowest BCUT2D eigenvalue weighted by atomic mass is 9.83. The molecule has 1 heterocycles. The molecule has 1 aliphatic heterocycles. The van der Waals surface area contributed by atoms with Gasteiger partial charge in [-0.15, -0.1) is 0 Å². The summed E-state index contributed by atoms with van der Waals surface area (Å²) in [5.41, 5.74) is 0.653. The van der Waals surface area contributed by atoms with Gasteiger partial charge in [-0.2, -0.15) is 0 Å². The molecule has 3 heteroatoms. The monoisotopic (exact) mass is 250 g/mol. The fraction of sp³-hybridized carbons (Fsp3) is 0.600. The molecule has 1 saturated carbocycles.